The molecule has 0 aliphatic rings. The van der Waals surface area contributed by atoms with Gasteiger partial charge < -0.3 is 10.3 Å². The zero-order chi connectivity index (χ0) is 8.97. The van der Waals surface area contributed by atoms with E-state index in [0.29, 0.717) is 24.1 Å². The number of aromatic nitrogens is 2. The molecule has 0 unspecified atom stereocenters. The van der Waals surface area contributed by atoms with E-state index in [1.54, 1.807) is 6.92 Å². The first kappa shape index (κ1) is 8.70. The summed E-state index contributed by atoms with van der Waals surface area (Å²) in [5.41, 5.74) is 5.49. The van der Waals surface area contributed by atoms with Crippen molar-refractivity contribution in [3.63, 3.8) is 0 Å². The fourth-order valence-electron chi connectivity index (χ4n) is 0.690. The minimum absolute atomic E-state index is 0.400. The van der Waals surface area contributed by atoms with Gasteiger partial charge in [-0.3, -0.25) is 4.99 Å². The Morgan fingerprint density at radius 2 is 2.42 bits per heavy atom. The molecular weight excluding hydrogens is 156 g/mol. The Morgan fingerprint density at radius 3 is 2.92 bits per heavy atom. The van der Waals surface area contributed by atoms with Crippen LogP contribution in [0, 0.1) is 6.92 Å². The van der Waals surface area contributed by atoms with Crippen molar-refractivity contribution in [2.24, 2.45) is 10.7 Å². The van der Waals surface area contributed by atoms with E-state index in [2.05, 4.69) is 15.1 Å². The van der Waals surface area contributed by atoms with Crippen LogP contribution in [0.1, 0.15) is 25.1 Å². The first-order chi connectivity index (χ1) is 5.72. The molecule has 1 aromatic heterocycles. The number of rotatable bonds is 3. The third-order valence-electron chi connectivity index (χ3n) is 1.36. The largest absolute Gasteiger partial charge is 0.387 e. The highest BCUT2D eigenvalue weighted by molar-refractivity contribution is 5.79. The normalized spacial score (nSPS) is 12.0. The third-order valence-corrected chi connectivity index (χ3v) is 1.36. The molecule has 0 bridgehead atoms. The molecular formula is C7H12N4O. The summed E-state index contributed by atoms with van der Waals surface area (Å²) in [6, 6.07) is 0. The van der Waals surface area contributed by atoms with Crippen molar-refractivity contribution in [3.8, 4) is 0 Å². The van der Waals surface area contributed by atoms with Crippen LogP contribution in [0.5, 0.6) is 0 Å². The summed E-state index contributed by atoms with van der Waals surface area (Å²) in [6.45, 7) is 4.08. The lowest BCUT2D eigenvalue weighted by molar-refractivity contribution is 0.387. The van der Waals surface area contributed by atoms with E-state index in [1.807, 2.05) is 6.92 Å². The Kier molecular flexibility index (Phi) is 2.79. The fourth-order valence-corrected chi connectivity index (χ4v) is 0.690. The van der Waals surface area contributed by atoms with Gasteiger partial charge in [-0.2, -0.15) is 4.98 Å². The number of aryl methyl sites for hydroxylation is 1. The molecule has 1 rings (SSSR count). The molecule has 1 heterocycles. The summed E-state index contributed by atoms with van der Waals surface area (Å²) in [5.74, 6) is 1.73. The summed E-state index contributed by atoms with van der Waals surface area (Å²) in [6.07, 6.45) is 0.747. The molecule has 0 spiro atoms. The molecule has 0 aliphatic heterocycles. The van der Waals surface area contributed by atoms with Crippen molar-refractivity contribution in [2.45, 2.75) is 26.8 Å². The third kappa shape index (κ3) is 2.34. The topological polar surface area (TPSA) is 77.3 Å². The van der Waals surface area contributed by atoms with Gasteiger partial charge in [-0.15, -0.1) is 0 Å². The zero-order valence-electron chi connectivity index (χ0n) is 7.24. The smallest absolute Gasteiger partial charge is 0.223 e. The van der Waals surface area contributed by atoms with E-state index in [4.69, 9.17) is 10.3 Å². The molecule has 0 saturated carbocycles. The van der Waals surface area contributed by atoms with Crippen LogP contribution in [0.25, 0.3) is 0 Å². The van der Waals surface area contributed by atoms with Crippen LogP contribution >= 0.6 is 0 Å². The lowest BCUT2D eigenvalue weighted by Crippen LogP contribution is -2.09. The molecule has 0 radical (unpaired) electrons. The summed E-state index contributed by atoms with van der Waals surface area (Å²) in [4.78, 5) is 8.01. The lowest BCUT2D eigenvalue weighted by Gasteiger charge is -1.91. The van der Waals surface area contributed by atoms with Gasteiger partial charge in [0.05, 0.1) is 5.84 Å². The molecule has 5 heteroatoms. The molecule has 5 nitrogen and oxygen atoms in total. The Bertz CT molecular complexity index is 279. The average molecular weight is 168 g/mol. The summed E-state index contributed by atoms with van der Waals surface area (Å²) in [5, 5.41) is 3.67. The molecule has 12 heavy (non-hydrogen) atoms. The Hall–Kier alpha value is -1.39. The molecule has 1 aromatic rings. The predicted molar refractivity (Wildman–Crippen MR) is 44.7 cm³/mol. The summed E-state index contributed by atoms with van der Waals surface area (Å²) >= 11 is 0. The number of nitrogens with zero attached hydrogens (tertiary/aromatic N) is 3. The van der Waals surface area contributed by atoms with E-state index in [0.717, 1.165) is 6.42 Å². The highest BCUT2D eigenvalue weighted by Gasteiger charge is 1.99. The van der Waals surface area contributed by atoms with Crippen molar-refractivity contribution >= 4 is 5.84 Å². The lowest BCUT2D eigenvalue weighted by atomic mass is 10.4. The first-order valence-corrected chi connectivity index (χ1v) is 3.80. The number of hydrogen-bond acceptors (Lipinski definition) is 4. The van der Waals surface area contributed by atoms with Gasteiger partial charge >= 0.3 is 0 Å². The van der Waals surface area contributed by atoms with E-state index in [1.165, 1.54) is 0 Å². The van der Waals surface area contributed by atoms with Crippen LogP contribution in [-0.2, 0) is 6.54 Å². The molecule has 0 amide bonds. The number of amidine groups is 1. The van der Waals surface area contributed by atoms with Crippen molar-refractivity contribution < 1.29 is 4.52 Å². The van der Waals surface area contributed by atoms with Crippen LogP contribution in [0.2, 0.25) is 0 Å². The summed E-state index contributed by atoms with van der Waals surface area (Å²) < 4.78 is 4.76. The second-order valence-electron chi connectivity index (χ2n) is 2.39. The maximum Gasteiger partial charge on any atom is 0.223 e. The molecule has 0 fully saturated rings. The molecule has 0 atom stereocenters. The molecule has 0 aromatic carbocycles. The van der Waals surface area contributed by atoms with E-state index in [9.17, 15) is 0 Å². The minimum Gasteiger partial charge on any atom is -0.387 e. The first-order valence-electron chi connectivity index (χ1n) is 3.80. The maximum absolute atomic E-state index is 5.49. The van der Waals surface area contributed by atoms with Crippen molar-refractivity contribution in [1.82, 2.24) is 10.1 Å². The zero-order valence-corrected chi connectivity index (χ0v) is 7.24. The van der Waals surface area contributed by atoms with Crippen LogP contribution in [-0.4, -0.2) is 16.0 Å². The van der Waals surface area contributed by atoms with Gasteiger partial charge in [0, 0.05) is 13.3 Å². The second-order valence-corrected chi connectivity index (χ2v) is 2.39. The predicted octanol–water partition coefficient (Wildman–Crippen LogP) is 0.645. The quantitative estimate of drug-likeness (QED) is 0.530. The monoisotopic (exact) mass is 168 g/mol. The van der Waals surface area contributed by atoms with Gasteiger partial charge in [-0.05, 0) is 0 Å². The van der Waals surface area contributed by atoms with Crippen LogP contribution in [0.4, 0.5) is 0 Å². The number of aliphatic imine (C=N–C) groups is 1. The molecule has 66 valence electrons. The fraction of sp³-hybridized carbons (Fsp3) is 0.571. The molecule has 2 N–H and O–H groups in total. The highest BCUT2D eigenvalue weighted by Crippen LogP contribution is 1.96. The Morgan fingerprint density at radius 1 is 1.67 bits per heavy atom. The van der Waals surface area contributed by atoms with Gasteiger partial charge in [-0.1, -0.05) is 12.1 Å². The van der Waals surface area contributed by atoms with E-state index in [-0.39, 0.29) is 0 Å². The average Bonchev–Trinajstić information content (AvgIpc) is 2.47. The molecule has 0 aliphatic carbocycles. The van der Waals surface area contributed by atoms with Crippen molar-refractivity contribution in [2.75, 3.05) is 0 Å². The van der Waals surface area contributed by atoms with Gasteiger partial charge in [0.1, 0.15) is 6.54 Å². The van der Waals surface area contributed by atoms with Gasteiger partial charge in [0.15, 0.2) is 5.82 Å². The Balaban J connectivity index is 2.53. The standard InChI is InChI=1S/C7H12N4O/c1-3-6(8)9-4-7-10-5(2)12-11-7/h3-4H2,1-2H3,(H2,8,9). The van der Waals surface area contributed by atoms with Crippen LogP contribution < -0.4 is 5.73 Å². The number of hydrogen-bond donors (Lipinski definition) is 1. The van der Waals surface area contributed by atoms with Crippen LogP contribution in [0.15, 0.2) is 9.52 Å². The SMILES string of the molecule is CCC(N)=NCc1noc(C)n1. The second kappa shape index (κ2) is 3.85. The molecule has 0 saturated heterocycles. The van der Waals surface area contributed by atoms with Crippen LogP contribution in [0.3, 0.4) is 0 Å². The van der Waals surface area contributed by atoms with Crippen molar-refractivity contribution in [3.05, 3.63) is 11.7 Å². The summed E-state index contributed by atoms with van der Waals surface area (Å²) in [7, 11) is 0. The van der Waals surface area contributed by atoms with Gasteiger partial charge in [0.2, 0.25) is 5.89 Å². The highest BCUT2D eigenvalue weighted by atomic mass is 16.5. The Labute approximate surface area is 70.7 Å². The minimum atomic E-state index is 0.400. The van der Waals surface area contributed by atoms with E-state index >= 15 is 0 Å². The maximum atomic E-state index is 5.49. The van der Waals surface area contributed by atoms with Crippen molar-refractivity contribution in [1.29, 1.82) is 0 Å². The van der Waals surface area contributed by atoms with Gasteiger partial charge in [-0.25, -0.2) is 0 Å². The van der Waals surface area contributed by atoms with E-state index < -0.39 is 0 Å². The number of nitrogens with two attached hydrogens (primary N) is 1. The van der Waals surface area contributed by atoms with Gasteiger partial charge in [0.25, 0.3) is 0 Å².